The number of hydrogen-bond acceptors (Lipinski definition) is 0. The molecule has 0 nitrogen and oxygen atoms in total. The number of alkyl halides is 1. The van der Waals surface area contributed by atoms with Crippen molar-refractivity contribution in [3.8, 4) is 0 Å². The van der Waals surface area contributed by atoms with Gasteiger partial charge in [-0.05, 0) is 41.2 Å². The minimum absolute atomic E-state index is 0.370. The highest BCUT2D eigenvalue weighted by atomic mass is 79.9. The van der Waals surface area contributed by atoms with Crippen LogP contribution in [0.3, 0.4) is 0 Å². The van der Waals surface area contributed by atoms with Crippen LogP contribution in [-0.4, -0.2) is 0 Å². The molecule has 100 valence electrons. The average molecular weight is 382 g/mol. The molecular weight excluding hydrogens is 364 g/mol. The molecule has 0 fully saturated rings. The van der Waals surface area contributed by atoms with Crippen LogP contribution >= 0.6 is 31.9 Å². The number of halogens is 2. The van der Waals surface area contributed by atoms with Gasteiger partial charge < -0.3 is 0 Å². The van der Waals surface area contributed by atoms with Crippen LogP contribution in [0.5, 0.6) is 0 Å². The standard InChI is InChI=1S/C17H18Br2/c1-12(2)14-5-7-15(8-6-14)17(19)11-13-3-9-16(18)10-4-13/h3-10,12,17H,11H2,1-2H3. The Labute approximate surface area is 132 Å². The van der Waals surface area contributed by atoms with Crippen LogP contribution < -0.4 is 0 Å². The molecule has 1 unspecified atom stereocenters. The third-order valence-corrected chi connectivity index (χ3v) is 4.67. The normalized spacial score (nSPS) is 12.7. The van der Waals surface area contributed by atoms with Gasteiger partial charge in [-0.2, -0.15) is 0 Å². The molecule has 1 atom stereocenters. The van der Waals surface area contributed by atoms with E-state index in [2.05, 4.69) is 94.2 Å². The lowest BCUT2D eigenvalue weighted by atomic mass is 9.99. The zero-order valence-electron chi connectivity index (χ0n) is 11.2. The molecular formula is C17H18Br2. The largest absolute Gasteiger partial charge is 0.0835 e. The fourth-order valence-electron chi connectivity index (χ4n) is 2.04. The van der Waals surface area contributed by atoms with Gasteiger partial charge in [-0.25, -0.2) is 0 Å². The van der Waals surface area contributed by atoms with Crippen LogP contribution in [0.2, 0.25) is 0 Å². The Morgan fingerprint density at radius 2 is 1.37 bits per heavy atom. The second-order valence-corrected chi connectivity index (χ2v) is 7.14. The maximum Gasteiger partial charge on any atom is 0.0435 e. The molecule has 0 heterocycles. The Kier molecular flexibility index (Phi) is 5.23. The van der Waals surface area contributed by atoms with Crippen LogP contribution in [0.15, 0.2) is 53.0 Å². The number of rotatable bonds is 4. The van der Waals surface area contributed by atoms with E-state index < -0.39 is 0 Å². The van der Waals surface area contributed by atoms with Gasteiger partial charge in [0.2, 0.25) is 0 Å². The van der Waals surface area contributed by atoms with E-state index in [1.807, 2.05) is 0 Å². The Balaban J connectivity index is 2.07. The van der Waals surface area contributed by atoms with Crippen LogP contribution in [-0.2, 0) is 6.42 Å². The summed E-state index contributed by atoms with van der Waals surface area (Å²) in [5, 5.41) is 0. The van der Waals surface area contributed by atoms with Gasteiger partial charge in [0.1, 0.15) is 0 Å². The summed E-state index contributed by atoms with van der Waals surface area (Å²) in [6, 6.07) is 17.4. The van der Waals surface area contributed by atoms with Crippen molar-refractivity contribution in [1.29, 1.82) is 0 Å². The molecule has 0 aliphatic carbocycles. The van der Waals surface area contributed by atoms with Gasteiger partial charge in [-0.15, -0.1) is 0 Å². The first-order valence-electron chi connectivity index (χ1n) is 6.54. The minimum Gasteiger partial charge on any atom is -0.0835 e. The third-order valence-electron chi connectivity index (χ3n) is 3.29. The molecule has 0 spiro atoms. The molecule has 2 aromatic rings. The third kappa shape index (κ3) is 4.19. The van der Waals surface area contributed by atoms with E-state index >= 15 is 0 Å². The highest BCUT2D eigenvalue weighted by molar-refractivity contribution is 9.10. The van der Waals surface area contributed by atoms with Crippen molar-refractivity contribution >= 4 is 31.9 Å². The van der Waals surface area contributed by atoms with Crippen LogP contribution in [0.25, 0.3) is 0 Å². The van der Waals surface area contributed by atoms with E-state index in [4.69, 9.17) is 0 Å². The molecule has 0 amide bonds. The molecule has 19 heavy (non-hydrogen) atoms. The van der Waals surface area contributed by atoms with E-state index in [-0.39, 0.29) is 0 Å². The Bertz CT molecular complexity index is 512. The summed E-state index contributed by atoms with van der Waals surface area (Å²) in [4.78, 5) is 0.370. The van der Waals surface area contributed by atoms with E-state index in [9.17, 15) is 0 Å². The molecule has 0 saturated carbocycles. The van der Waals surface area contributed by atoms with Crippen LogP contribution in [0.4, 0.5) is 0 Å². The molecule has 0 aliphatic rings. The minimum atomic E-state index is 0.370. The van der Waals surface area contributed by atoms with Crippen molar-refractivity contribution in [3.05, 3.63) is 69.7 Å². The summed E-state index contributed by atoms with van der Waals surface area (Å²) in [7, 11) is 0. The lowest BCUT2D eigenvalue weighted by molar-refractivity contribution is 0.862. The average Bonchev–Trinajstić information content (AvgIpc) is 2.41. The van der Waals surface area contributed by atoms with Crippen molar-refractivity contribution in [2.45, 2.75) is 31.0 Å². The highest BCUT2D eigenvalue weighted by Gasteiger charge is 2.09. The Morgan fingerprint density at radius 1 is 0.842 bits per heavy atom. The van der Waals surface area contributed by atoms with Gasteiger partial charge in [-0.3, -0.25) is 0 Å². The van der Waals surface area contributed by atoms with Crippen LogP contribution in [0, 0.1) is 0 Å². The maximum atomic E-state index is 3.79. The molecule has 2 rings (SSSR count). The quantitative estimate of drug-likeness (QED) is 0.549. The van der Waals surface area contributed by atoms with E-state index in [1.54, 1.807) is 0 Å². The summed E-state index contributed by atoms with van der Waals surface area (Å²) in [6.07, 6.45) is 1.01. The maximum absolute atomic E-state index is 3.79. The monoisotopic (exact) mass is 380 g/mol. The first-order chi connectivity index (χ1) is 9.06. The second kappa shape index (κ2) is 6.71. The predicted molar refractivity (Wildman–Crippen MR) is 90.0 cm³/mol. The van der Waals surface area contributed by atoms with Gasteiger partial charge in [0.25, 0.3) is 0 Å². The SMILES string of the molecule is CC(C)c1ccc(C(Br)Cc2ccc(Br)cc2)cc1. The first kappa shape index (κ1) is 14.8. The molecule has 2 aromatic carbocycles. The molecule has 0 radical (unpaired) electrons. The zero-order chi connectivity index (χ0) is 13.8. The van der Waals surface area contributed by atoms with Gasteiger partial charge in [0.05, 0.1) is 0 Å². The van der Waals surface area contributed by atoms with E-state index in [0.29, 0.717) is 10.7 Å². The van der Waals surface area contributed by atoms with Crippen molar-refractivity contribution in [2.24, 2.45) is 0 Å². The lowest BCUT2D eigenvalue weighted by Crippen LogP contribution is -1.96. The van der Waals surface area contributed by atoms with Crippen LogP contribution in [0.1, 0.15) is 41.3 Å². The fraction of sp³-hybridized carbons (Fsp3) is 0.294. The molecule has 0 aliphatic heterocycles. The molecule has 0 bridgehead atoms. The molecule has 0 saturated heterocycles. The summed E-state index contributed by atoms with van der Waals surface area (Å²) in [5.41, 5.74) is 4.08. The van der Waals surface area contributed by atoms with Crippen molar-refractivity contribution in [2.75, 3.05) is 0 Å². The number of hydrogen-bond donors (Lipinski definition) is 0. The molecule has 0 N–H and O–H groups in total. The molecule has 2 heteroatoms. The predicted octanol–water partition coefficient (Wildman–Crippen LogP) is 6.25. The van der Waals surface area contributed by atoms with Crippen molar-refractivity contribution in [1.82, 2.24) is 0 Å². The van der Waals surface area contributed by atoms with Gasteiger partial charge in [0, 0.05) is 9.30 Å². The van der Waals surface area contributed by atoms with E-state index in [1.165, 1.54) is 16.7 Å². The summed E-state index contributed by atoms with van der Waals surface area (Å²) in [5.74, 6) is 0.592. The fourth-order valence-corrected chi connectivity index (χ4v) is 2.98. The molecule has 0 aromatic heterocycles. The Hall–Kier alpha value is -0.600. The summed E-state index contributed by atoms with van der Waals surface area (Å²) < 4.78 is 1.13. The van der Waals surface area contributed by atoms with Gasteiger partial charge in [-0.1, -0.05) is 82.1 Å². The number of benzene rings is 2. The first-order valence-corrected chi connectivity index (χ1v) is 8.25. The summed E-state index contributed by atoms with van der Waals surface area (Å²) >= 11 is 7.26. The van der Waals surface area contributed by atoms with Crippen molar-refractivity contribution < 1.29 is 0 Å². The zero-order valence-corrected chi connectivity index (χ0v) is 14.4. The summed E-state index contributed by atoms with van der Waals surface area (Å²) in [6.45, 7) is 4.45. The smallest absolute Gasteiger partial charge is 0.0435 e. The van der Waals surface area contributed by atoms with Crippen molar-refractivity contribution in [3.63, 3.8) is 0 Å². The van der Waals surface area contributed by atoms with Gasteiger partial charge in [0.15, 0.2) is 0 Å². The topological polar surface area (TPSA) is 0 Å². The second-order valence-electron chi connectivity index (χ2n) is 5.12. The highest BCUT2D eigenvalue weighted by Crippen LogP contribution is 2.28. The Morgan fingerprint density at radius 3 is 1.89 bits per heavy atom. The van der Waals surface area contributed by atoms with E-state index in [0.717, 1.165) is 10.9 Å². The van der Waals surface area contributed by atoms with Gasteiger partial charge >= 0.3 is 0 Å². The lowest BCUT2D eigenvalue weighted by Gasteiger charge is -2.12.